The lowest BCUT2D eigenvalue weighted by atomic mass is 9.69. The van der Waals surface area contributed by atoms with Gasteiger partial charge in [0.15, 0.2) is 0 Å². The van der Waals surface area contributed by atoms with Crippen molar-refractivity contribution >= 4 is 21.7 Å². The summed E-state index contributed by atoms with van der Waals surface area (Å²) in [5, 5.41) is 15.2. The van der Waals surface area contributed by atoms with Crippen molar-refractivity contribution in [1.82, 2.24) is 10.2 Å². The minimum Gasteiger partial charge on any atom is -0.379 e. The Kier molecular flexibility index (Phi) is 11.5. The van der Waals surface area contributed by atoms with Gasteiger partial charge >= 0.3 is 0 Å². The summed E-state index contributed by atoms with van der Waals surface area (Å²) < 4.78 is 33.9. The number of ketones is 1. The number of Topliss-reactive ketones (excluding diaryl/α,β-unsaturated/α-hetero) is 1. The summed E-state index contributed by atoms with van der Waals surface area (Å²) in [5.74, 6) is 0.173. The van der Waals surface area contributed by atoms with Gasteiger partial charge in [-0.2, -0.15) is 0 Å². The molecule has 0 bridgehead atoms. The Morgan fingerprint density at radius 1 is 0.930 bits per heavy atom. The van der Waals surface area contributed by atoms with Gasteiger partial charge in [-0.1, -0.05) is 58.7 Å². The fourth-order valence-electron chi connectivity index (χ4n) is 6.68. The molecule has 2 aliphatic rings. The molecule has 8 heteroatoms. The van der Waals surface area contributed by atoms with Gasteiger partial charge in [0, 0.05) is 29.9 Å². The van der Waals surface area contributed by atoms with Crippen LogP contribution in [0.5, 0.6) is 0 Å². The highest BCUT2D eigenvalue weighted by Gasteiger charge is 2.37. The topological polar surface area (TPSA) is 61.8 Å². The summed E-state index contributed by atoms with van der Waals surface area (Å²) >= 11 is 3.55. The maximum Gasteiger partial charge on any atom is 0.146 e. The number of nitrogens with one attached hydrogen (secondary N) is 1. The van der Waals surface area contributed by atoms with Gasteiger partial charge in [-0.25, -0.2) is 8.78 Å². The van der Waals surface area contributed by atoms with E-state index in [2.05, 4.69) is 38.3 Å². The van der Waals surface area contributed by atoms with E-state index in [1.54, 1.807) is 24.3 Å². The quantitative estimate of drug-likeness (QED) is 0.206. The van der Waals surface area contributed by atoms with E-state index < -0.39 is 12.3 Å². The van der Waals surface area contributed by atoms with Gasteiger partial charge in [0.25, 0.3) is 0 Å². The summed E-state index contributed by atoms with van der Waals surface area (Å²) in [7, 11) is 0. The van der Waals surface area contributed by atoms with E-state index in [0.717, 1.165) is 60.8 Å². The molecule has 5 nitrogen and oxygen atoms in total. The van der Waals surface area contributed by atoms with Gasteiger partial charge in [0.2, 0.25) is 0 Å². The zero-order valence-corrected chi connectivity index (χ0v) is 26.0. The summed E-state index contributed by atoms with van der Waals surface area (Å²) in [6.07, 6.45) is 4.37. The molecule has 1 aliphatic heterocycles. The highest BCUT2D eigenvalue weighted by molar-refractivity contribution is 9.10. The summed E-state index contributed by atoms with van der Waals surface area (Å²) in [6, 6.07) is 20.3. The molecule has 3 aromatic rings. The van der Waals surface area contributed by atoms with Crippen molar-refractivity contribution in [3.05, 3.63) is 106 Å². The van der Waals surface area contributed by atoms with Crippen LogP contribution in [0.15, 0.2) is 77.3 Å². The van der Waals surface area contributed by atoms with Crippen LogP contribution in [-0.4, -0.2) is 54.9 Å². The van der Waals surface area contributed by atoms with Crippen LogP contribution in [0.1, 0.15) is 67.2 Å². The second-order valence-corrected chi connectivity index (χ2v) is 12.9. The lowest BCUT2D eigenvalue weighted by molar-refractivity contribution is -0.121. The van der Waals surface area contributed by atoms with E-state index >= 15 is 0 Å². The SMILES string of the molecule is O=C(CCC[C@@H]1CC[C@@H](C(O)NC(c2ccc(F)cc2)c2ccc(F)cc2)C(c2ccc(Br)cc2)C1)CN1CCOCC1. The molecule has 1 heterocycles. The first-order chi connectivity index (χ1) is 20.9. The Balaban J connectivity index is 1.27. The molecule has 2 N–H and O–H groups in total. The molecule has 3 aromatic carbocycles. The number of hydrogen-bond acceptors (Lipinski definition) is 5. The largest absolute Gasteiger partial charge is 0.379 e. The van der Waals surface area contributed by atoms with E-state index in [0.29, 0.717) is 37.9 Å². The number of benzene rings is 3. The molecule has 1 saturated carbocycles. The normalized spacial score (nSPS) is 22.0. The van der Waals surface area contributed by atoms with Gasteiger partial charge in [-0.15, -0.1) is 0 Å². The Labute approximate surface area is 261 Å². The van der Waals surface area contributed by atoms with Crippen LogP contribution >= 0.6 is 15.9 Å². The van der Waals surface area contributed by atoms with Crippen molar-refractivity contribution in [1.29, 1.82) is 0 Å². The number of carbonyl (C=O) groups is 1. The van der Waals surface area contributed by atoms with Crippen LogP contribution in [0.2, 0.25) is 0 Å². The fourth-order valence-corrected chi connectivity index (χ4v) is 6.94. The van der Waals surface area contributed by atoms with E-state index in [1.165, 1.54) is 29.8 Å². The Hall–Kier alpha value is -2.49. The molecule has 0 radical (unpaired) electrons. The average Bonchev–Trinajstić information content (AvgIpc) is 3.01. The predicted molar refractivity (Wildman–Crippen MR) is 168 cm³/mol. The molecule has 230 valence electrons. The maximum absolute atomic E-state index is 13.8. The first-order valence-electron chi connectivity index (χ1n) is 15.4. The minimum absolute atomic E-state index is 0.0521. The molecular formula is C35H41BrF2N2O3. The first-order valence-corrected chi connectivity index (χ1v) is 16.2. The highest BCUT2D eigenvalue weighted by atomic mass is 79.9. The number of ether oxygens (including phenoxy) is 1. The Morgan fingerprint density at radius 3 is 2.14 bits per heavy atom. The zero-order chi connectivity index (χ0) is 30.2. The van der Waals surface area contributed by atoms with Crippen molar-refractivity contribution in [3.63, 3.8) is 0 Å². The van der Waals surface area contributed by atoms with Crippen LogP contribution in [0, 0.1) is 23.5 Å². The van der Waals surface area contributed by atoms with Gasteiger partial charge in [-0.05, 0) is 90.6 Å². The molecule has 1 aliphatic carbocycles. The molecule has 43 heavy (non-hydrogen) atoms. The Morgan fingerprint density at radius 2 is 1.53 bits per heavy atom. The van der Waals surface area contributed by atoms with Gasteiger partial charge in [-0.3, -0.25) is 15.0 Å². The second kappa shape index (κ2) is 15.5. The number of morpholine rings is 1. The second-order valence-electron chi connectivity index (χ2n) is 12.0. The predicted octanol–water partition coefficient (Wildman–Crippen LogP) is 7.00. The van der Waals surface area contributed by atoms with Crippen LogP contribution < -0.4 is 5.32 Å². The van der Waals surface area contributed by atoms with Crippen LogP contribution in [0.4, 0.5) is 8.78 Å². The van der Waals surface area contributed by atoms with Crippen molar-refractivity contribution in [2.75, 3.05) is 32.8 Å². The van der Waals surface area contributed by atoms with Crippen molar-refractivity contribution < 1.29 is 23.4 Å². The van der Waals surface area contributed by atoms with Crippen LogP contribution in [-0.2, 0) is 9.53 Å². The standard InChI is InChI=1S/C35H41BrF2N2O3/c36-28-11-5-25(6-12-28)33-22-24(2-1-3-31(41)23-40-18-20-43-21-19-40)4-17-32(33)35(42)39-34(26-7-13-29(37)14-8-26)27-9-15-30(38)16-10-27/h5-16,24,32-35,39,42H,1-4,17-23H2/t24-,32-,33?,35?/m1/s1. The molecule has 2 unspecified atom stereocenters. The third-order valence-electron chi connectivity index (χ3n) is 9.03. The molecule has 1 saturated heterocycles. The van der Waals surface area contributed by atoms with Crippen LogP contribution in [0.25, 0.3) is 0 Å². The smallest absolute Gasteiger partial charge is 0.146 e. The van der Waals surface area contributed by atoms with Gasteiger partial charge in [0.1, 0.15) is 23.6 Å². The van der Waals surface area contributed by atoms with E-state index in [1.807, 2.05) is 12.1 Å². The number of halogens is 3. The average molecular weight is 656 g/mol. The third-order valence-corrected chi connectivity index (χ3v) is 9.56. The Bertz CT molecular complexity index is 1250. The van der Waals surface area contributed by atoms with Crippen LogP contribution in [0.3, 0.4) is 0 Å². The number of aliphatic hydroxyl groups is 1. The molecule has 2 fully saturated rings. The zero-order valence-electron chi connectivity index (χ0n) is 24.4. The number of aliphatic hydroxyl groups excluding tert-OH is 1. The molecule has 4 atom stereocenters. The van der Waals surface area contributed by atoms with E-state index in [9.17, 15) is 18.7 Å². The summed E-state index contributed by atoms with van der Waals surface area (Å²) in [4.78, 5) is 14.8. The molecule has 0 aromatic heterocycles. The number of hydrogen-bond donors (Lipinski definition) is 2. The van der Waals surface area contributed by atoms with Gasteiger partial charge in [0.05, 0.1) is 25.8 Å². The number of nitrogens with zero attached hydrogens (tertiary/aromatic N) is 1. The van der Waals surface area contributed by atoms with Crippen molar-refractivity contribution in [2.45, 2.75) is 56.7 Å². The monoisotopic (exact) mass is 654 g/mol. The third kappa shape index (κ3) is 9.02. The molecule has 5 rings (SSSR count). The molecular weight excluding hydrogens is 614 g/mol. The minimum atomic E-state index is -0.843. The number of rotatable bonds is 12. The lowest BCUT2D eigenvalue weighted by Crippen LogP contribution is -2.43. The molecule has 0 spiro atoms. The lowest BCUT2D eigenvalue weighted by Gasteiger charge is -2.40. The highest BCUT2D eigenvalue weighted by Crippen LogP contribution is 2.44. The van der Waals surface area contributed by atoms with E-state index in [-0.39, 0.29) is 23.5 Å². The fraction of sp³-hybridized carbons (Fsp3) is 0.457. The van der Waals surface area contributed by atoms with Crippen molar-refractivity contribution in [2.24, 2.45) is 11.8 Å². The van der Waals surface area contributed by atoms with Crippen molar-refractivity contribution in [3.8, 4) is 0 Å². The summed E-state index contributed by atoms with van der Waals surface area (Å²) in [6.45, 7) is 3.56. The van der Waals surface area contributed by atoms with Gasteiger partial charge < -0.3 is 9.84 Å². The molecule has 0 amide bonds. The first kappa shape index (κ1) is 31.9. The maximum atomic E-state index is 13.8. The number of carbonyl (C=O) groups excluding carboxylic acids is 1. The van der Waals surface area contributed by atoms with E-state index in [4.69, 9.17) is 4.74 Å². The summed E-state index contributed by atoms with van der Waals surface area (Å²) in [5.41, 5.74) is 2.77.